The predicted molar refractivity (Wildman–Crippen MR) is 133 cm³/mol. The smallest absolute Gasteiger partial charge is 0.158 e. The highest BCUT2D eigenvalue weighted by Gasteiger charge is 2.66. The Morgan fingerprint density at radius 2 is 1.73 bits per heavy atom. The maximum absolute atomic E-state index is 10.9. The largest absolute Gasteiger partial charge is 0.393 e. The normalized spacial score (nSPS) is 53.0. The molecule has 1 saturated heterocycles. The molecule has 5 aliphatic rings. The Hall–Kier alpha value is -0.640. The van der Waals surface area contributed by atoms with Crippen LogP contribution in [0.4, 0.5) is 0 Å². The van der Waals surface area contributed by atoms with Crippen LogP contribution in [0.3, 0.4) is 0 Å². The summed E-state index contributed by atoms with van der Waals surface area (Å²) in [4.78, 5) is 0. The van der Waals surface area contributed by atoms with Crippen molar-refractivity contribution in [1.29, 1.82) is 0 Å². The first-order valence-corrected chi connectivity index (χ1v) is 13.7. The molecular weight excluding hydrogens is 408 g/mol. The Morgan fingerprint density at radius 1 is 1.00 bits per heavy atom. The van der Waals surface area contributed by atoms with E-state index in [0.29, 0.717) is 23.2 Å². The Labute approximate surface area is 202 Å². The van der Waals surface area contributed by atoms with Crippen molar-refractivity contribution in [2.75, 3.05) is 0 Å². The molecule has 0 amide bonds. The number of hydrogen-bond donors (Lipinski definition) is 2. The third-order valence-electron chi connectivity index (χ3n) is 12.1. The summed E-state index contributed by atoms with van der Waals surface area (Å²) in [6, 6.07) is 0. The third kappa shape index (κ3) is 3.24. The van der Waals surface area contributed by atoms with E-state index in [2.05, 4.69) is 60.6 Å². The molecule has 1 heterocycles. The van der Waals surface area contributed by atoms with E-state index in [-0.39, 0.29) is 34.4 Å². The average Bonchev–Trinajstić information content (AvgIpc) is 3.20. The Bertz CT molecular complexity index is 853. The van der Waals surface area contributed by atoms with Gasteiger partial charge in [0.1, 0.15) is 0 Å². The number of ether oxygens (including phenoxy) is 1. The average molecular weight is 457 g/mol. The molecule has 1 aliphatic heterocycles. The minimum atomic E-state index is -0.629. The highest BCUT2D eigenvalue weighted by atomic mass is 16.6. The molecule has 0 bridgehead atoms. The maximum Gasteiger partial charge on any atom is 0.158 e. The lowest BCUT2D eigenvalue weighted by Crippen LogP contribution is -2.58. The second kappa shape index (κ2) is 7.68. The third-order valence-corrected chi connectivity index (χ3v) is 12.1. The summed E-state index contributed by atoms with van der Waals surface area (Å²) in [7, 11) is 0. The van der Waals surface area contributed by atoms with Crippen molar-refractivity contribution in [3.05, 3.63) is 23.3 Å². The Kier molecular flexibility index (Phi) is 5.60. The van der Waals surface area contributed by atoms with Crippen LogP contribution in [0, 0.1) is 45.3 Å². The standard InChI is InChI=1S/C30H48O3/c1-18(2)16-19-17-20(26(32)33-19)21-10-14-30(7)23-8-9-24-27(3,4)25(31)12-13-28(24,5)22(23)11-15-29(21,30)6/h8,16,19-22,24-26,31-32H,9-15,17H2,1-7H3/t19-,20-,21-,22-,24-,25-,26?,28+,29-,30+/m0/s1. The SMILES string of the molecule is CC(C)=C[C@H]1C[C@@H]([C@@H]2CC[C@]3(C)C4=CC[C@H]5C(C)(C)[C@@H](O)CC[C@]5(C)[C@H]4CC[C@@]23C)C(O)O1. The van der Waals surface area contributed by atoms with E-state index >= 15 is 0 Å². The number of aliphatic hydroxyl groups is 2. The van der Waals surface area contributed by atoms with Crippen molar-refractivity contribution >= 4 is 0 Å². The molecule has 4 fully saturated rings. The molecule has 0 aromatic rings. The van der Waals surface area contributed by atoms with Crippen molar-refractivity contribution in [2.24, 2.45) is 45.3 Å². The van der Waals surface area contributed by atoms with Gasteiger partial charge in [-0.05, 0) is 105 Å². The van der Waals surface area contributed by atoms with E-state index in [4.69, 9.17) is 4.74 Å². The highest BCUT2D eigenvalue weighted by molar-refractivity contribution is 5.33. The van der Waals surface area contributed by atoms with Crippen molar-refractivity contribution < 1.29 is 14.9 Å². The first kappa shape index (κ1) is 24.1. The van der Waals surface area contributed by atoms with Gasteiger partial charge in [-0.3, -0.25) is 0 Å². The van der Waals surface area contributed by atoms with Crippen LogP contribution in [0.5, 0.6) is 0 Å². The zero-order valence-electron chi connectivity index (χ0n) is 22.2. The number of fused-ring (bicyclic) bond motifs is 5. The molecule has 3 heteroatoms. The van der Waals surface area contributed by atoms with Crippen LogP contribution in [0.1, 0.15) is 99.8 Å². The molecule has 1 unspecified atom stereocenters. The molecule has 4 aliphatic carbocycles. The summed E-state index contributed by atoms with van der Waals surface area (Å²) in [6.45, 7) is 16.5. The van der Waals surface area contributed by atoms with Crippen molar-refractivity contribution in [2.45, 2.75) is 118 Å². The lowest BCUT2D eigenvalue weighted by Gasteiger charge is -2.64. The van der Waals surface area contributed by atoms with E-state index in [1.54, 1.807) is 5.57 Å². The van der Waals surface area contributed by atoms with Crippen molar-refractivity contribution in [1.82, 2.24) is 0 Å². The first-order chi connectivity index (χ1) is 15.3. The van der Waals surface area contributed by atoms with Crippen LogP contribution in [0.25, 0.3) is 0 Å². The molecule has 3 saturated carbocycles. The topological polar surface area (TPSA) is 49.7 Å². The number of aliphatic hydroxyl groups excluding tert-OH is 2. The molecule has 0 spiro atoms. The minimum absolute atomic E-state index is 0.0138. The van der Waals surface area contributed by atoms with Gasteiger partial charge >= 0.3 is 0 Å². The highest BCUT2D eigenvalue weighted by Crippen LogP contribution is 2.73. The summed E-state index contributed by atoms with van der Waals surface area (Å²) in [6.07, 6.45) is 13.2. The molecule has 10 atom stereocenters. The Balaban J connectivity index is 1.46. The van der Waals surface area contributed by atoms with Gasteiger partial charge in [-0.15, -0.1) is 0 Å². The lowest BCUT2D eigenvalue weighted by atomic mass is 9.41. The molecule has 3 nitrogen and oxygen atoms in total. The van der Waals surface area contributed by atoms with Gasteiger partial charge < -0.3 is 14.9 Å². The van der Waals surface area contributed by atoms with Crippen LogP contribution < -0.4 is 0 Å². The molecule has 2 N–H and O–H groups in total. The zero-order chi connectivity index (χ0) is 24.0. The second-order valence-corrected chi connectivity index (χ2v) is 14.0. The number of rotatable bonds is 2. The van der Waals surface area contributed by atoms with Gasteiger partial charge in [0, 0.05) is 5.92 Å². The molecule has 186 valence electrons. The number of hydrogen-bond acceptors (Lipinski definition) is 3. The van der Waals surface area contributed by atoms with Crippen LogP contribution in [0.15, 0.2) is 23.3 Å². The molecule has 33 heavy (non-hydrogen) atoms. The molecule has 0 aromatic carbocycles. The monoisotopic (exact) mass is 456 g/mol. The van der Waals surface area contributed by atoms with Crippen LogP contribution in [-0.2, 0) is 4.74 Å². The minimum Gasteiger partial charge on any atom is -0.393 e. The first-order valence-electron chi connectivity index (χ1n) is 13.7. The molecular formula is C30H48O3. The summed E-state index contributed by atoms with van der Waals surface area (Å²) >= 11 is 0. The van der Waals surface area contributed by atoms with Crippen LogP contribution in [-0.4, -0.2) is 28.7 Å². The van der Waals surface area contributed by atoms with E-state index in [1.165, 1.54) is 31.3 Å². The Morgan fingerprint density at radius 3 is 2.42 bits per heavy atom. The van der Waals surface area contributed by atoms with Crippen LogP contribution in [0.2, 0.25) is 0 Å². The summed E-state index contributed by atoms with van der Waals surface area (Å²) in [5, 5.41) is 21.8. The fourth-order valence-corrected chi connectivity index (χ4v) is 9.99. The summed E-state index contributed by atoms with van der Waals surface area (Å²) < 4.78 is 6.02. The molecule has 0 aromatic heterocycles. The molecule has 5 rings (SSSR count). The number of allylic oxidation sites excluding steroid dienone is 3. The van der Waals surface area contributed by atoms with E-state index in [1.807, 2.05) is 0 Å². The van der Waals surface area contributed by atoms with Gasteiger partial charge in [0.05, 0.1) is 12.2 Å². The summed E-state index contributed by atoms with van der Waals surface area (Å²) in [5.74, 6) is 1.96. The maximum atomic E-state index is 10.9. The zero-order valence-corrected chi connectivity index (χ0v) is 22.2. The van der Waals surface area contributed by atoms with Gasteiger partial charge in [0.2, 0.25) is 0 Å². The van der Waals surface area contributed by atoms with Gasteiger partial charge in [0.15, 0.2) is 6.29 Å². The van der Waals surface area contributed by atoms with Crippen molar-refractivity contribution in [3.63, 3.8) is 0 Å². The fourth-order valence-electron chi connectivity index (χ4n) is 9.99. The summed E-state index contributed by atoms with van der Waals surface area (Å²) in [5.41, 5.74) is 3.71. The van der Waals surface area contributed by atoms with Crippen LogP contribution >= 0.6 is 0 Å². The van der Waals surface area contributed by atoms with Gasteiger partial charge in [-0.25, -0.2) is 0 Å². The predicted octanol–water partition coefficient (Wildman–Crippen LogP) is 6.64. The second-order valence-electron chi connectivity index (χ2n) is 14.0. The van der Waals surface area contributed by atoms with E-state index in [0.717, 1.165) is 25.7 Å². The molecule has 0 radical (unpaired) electrons. The quantitative estimate of drug-likeness (QED) is 0.458. The van der Waals surface area contributed by atoms with E-state index < -0.39 is 6.29 Å². The van der Waals surface area contributed by atoms with Crippen molar-refractivity contribution in [3.8, 4) is 0 Å². The lowest BCUT2D eigenvalue weighted by molar-refractivity contribution is -0.140. The fraction of sp³-hybridized carbons (Fsp3) is 0.867. The van der Waals surface area contributed by atoms with Gasteiger partial charge in [-0.1, -0.05) is 57.9 Å². The van der Waals surface area contributed by atoms with Gasteiger partial charge in [-0.2, -0.15) is 0 Å². The van der Waals surface area contributed by atoms with E-state index in [9.17, 15) is 10.2 Å². The van der Waals surface area contributed by atoms with Gasteiger partial charge in [0.25, 0.3) is 0 Å².